The van der Waals surface area contributed by atoms with Crippen molar-refractivity contribution in [1.29, 1.82) is 0 Å². The fraction of sp³-hybridized carbons (Fsp3) is 0.0667. The normalized spacial score (nSPS) is 13.5. The molecule has 0 spiro atoms. The van der Waals surface area contributed by atoms with Crippen LogP contribution in [0.2, 0.25) is 0 Å². The van der Waals surface area contributed by atoms with E-state index in [4.69, 9.17) is 4.42 Å². The van der Waals surface area contributed by atoms with Crippen LogP contribution < -0.4 is 0 Å². The Bertz CT molecular complexity index is 2700. The van der Waals surface area contributed by atoms with Crippen molar-refractivity contribution in [3.8, 4) is 39.1 Å². The molecule has 222 valence electrons. The van der Waals surface area contributed by atoms with Crippen molar-refractivity contribution in [2.45, 2.75) is 19.3 Å². The first-order valence-corrected chi connectivity index (χ1v) is 16.4. The minimum absolute atomic E-state index is 0.0788. The summed E-state index contributed by atoms with van der Waals surface area (Å²) in [5.41, 5.74) is 15.4. The van der Waals surface area contributed by atoms with Gasteiger partial charge in [-0.3, -0.25) is 0 Å². The molecule has 2 heteroatoms. The molecule has 2 aromatic heterocycles. The first-order chi connectivity index (χ1) is 23.1. The van der Waals surface area contributed by atoms with Crippen molar-refractivity contribution in [3.05, 3.63) is 163 Å². The van der Waals surface area contributed by atoms with Crippen molar-refractivity contribution in [1.82, 2.24) is 4.57 Å². The van der Waals surface area contributed by atoms with Crippen LogP contribution in [0.5, 0.6) is 0 Å². The van der Waals surface area contributed by atoms with Gasteiger partial charge in [0.1, 0.15) is 11.2 Å². The van der Waals surface area contributed by atoms with Crippen molar-refractivity contribution in [2.75, 3.05) is 0 Å². The van der Waals surface area contributed by atoms with Crippen LogP contribution in [0.25, 0.3) is 82.8 Å². The molecule has 0 saturated heterocycles. The zero-order chi connectivity index (χ0) is 31.3. The number of hydrogen-bond donors (Lipinski definition) is 0. The van der Waals surface area contributed by atoms with Gasteiger partial charge < -0.3 is 8.98 Å². The van der Waals surface area contributed by atoms with Crippen molar-refractivity contribution < 1.29 is 4.42 Å². The van der Waals surface area contributed by atoms with E-state index >= 15 is 0 Å². The largest absolute Gasteiger partial charge is 0.455 e. The molecule has 0 aliphatic heterocycles. The highest BCUT2D eigenvalue weighted by molar-refractivity contribution is 6.13. The van der Waals surface area contributed by atoms with Gasteiger partial charge in [0.2, 0.25) is 0 Å². The minimum atomic E-state index is -0.0788. The third kappa shape index (κ3) is 3.73. The maximum Gasteiger partial charge on any atom is 0.143 e. The van der Waals surface area contributed by atoms with E-state index in [-0.39, 0.29) is 5.41 Å². The molecule has 0 N–H and O–H groups in total. The van der Waals surface area contributed by atoms with Gasteiger partial charge in [-0.2, -0.15) is 0 Å². The monoisotopic (exact) mass is 601 g/mol. The lowest BCUT2D eigenvalue weighted by Gasteiger charge is -2.22. The summed E-state index contributed by atoms with van der Waals surface area (Å²) in [4.78, 5) is 0. The highest BCUT2D eigenvalue weighted by atomic mass is 16.3. The van der Waals surface area contributed by atoms with Crippen LogP contribution in [0, 0.1) is 0 Å². The Hall–Kier alpha value is -5.86. The van der Waals surface area contributed by atoms with Crippen LogP contribution >= 0.6 is 0 Å². The van der Waals surface area contributed by atoms with Gasteiger partial charge in [-0.05, 0) is 93.5 Å². The van der Waals surface area contributed by atoms with E-state index < -0.39 is 0 Å². The molecule has 47 heavy (non-hydrogen) atoms. The molecule has 1 aliphatic carbocycles. The number of rotatable bonds is 3. The van der Waals surface area contributed by atoms with E-state index in [1.165, 1.54) is 66.4 Å². The summed E-state index contributed by atoms with van der Waals surface area (Å²) in [7, 11) is 0. The quantitative estimate of drug-likeness (QED) is 0.197. The molecule has 1 aliphatic rings. The lowest BCUT2D eigenvalue weighted by atomic mass is 9.81. The predicted octanol–water partition coefficient (Wildman–Crippen LogP) is 12.3. The number of benzene rings is 7. The van der Waals surface area contributed by atoms with Crippen LogP contribution in [0.4, 0.5) is 0 Å². The molecule has 0 saturated carbocycles. The van der Waals surface area contributed by atoms with E-state index in [1.807, 2.05) is 0 Å². The van der Waals surface area contributed by atoms with Gasteiger partial charge in [0.05, 0.1) is 11.0 Å². The second-order valence-electron chi connectivity index (χ2n) is 13.3. The van der Waals surface area contributed by atoms with Crippen molar-refractivity contribution in [3.63, 3.8) is 0 Å². The van der Waals surface area contributed by atoms with Gasteiger partial charge in [0.25, 0.3) is 0 Å². The summed E-state index contributed by atoms with van der Waals surface area (Å²) in [5.74, 6) is 0. The van der Waals surface area contributed by atoms with Crippen LogP contribution in [0.1, 0.15) is 25.0 Å². The number of para-hydroxylation sites is 3. The molecule has 7 aromatic carbocycles. The lowest BCUT2D eigenvalue weighted by Crippen LogP contribution is -2.14. The Labute approximate surface area is 273 Å². The van der Waals surface area contributed by atoms with Gasteiger partial charge in [-0.15, -0.1) is 0 Å². The summed E-state index contributed by atoms with van der Waals surface area (Å²) in [6.45, 7) is 4.69. The number of hydrogen-bond acceptors (Lipinski definition) is 1. The molecule has 0 unspecified atom stereocenters. The Morgan fingerprint density at radius 2 is 1.13 bits per heavy atom. The van der Waals surface area contributed by atoms with Crippen molar-refractivity contribution >= 4 is 43.7 Å². The van der Waals surface area contributed by atoms with E-state index in [9.17, 15) is 0 Å². The summed E-state index contributed by atoms with van der Waals surface area (Å²) < 4.78 is 9.01. The zero-order valence-electron chi connectivity index (χ0n) is 26.3. The second-order valence-corrected chi connectivity index (χ2v) is 13.3. The molecule has 0 bridgehead atoms. The lowest BCUT2D eigenvalue weighted by molar-refractivity contribution is 0.660. The average Bonchev–Trinajstić information content (AvgIpc) is 3.74. The molecule has 2 nitrogen and oxygen atoms in total. The zero-order valence-corrected chi connectivity index (χ0v) is 26.3. The molecule has 9 aromatic rings. The summed E-state index contributed by atoms with van der Waals surface area (Å²) >= 11 is 0. The summed E-state index contributed by atoms with van der Waals surface area (Å²) in [5, 5.41) is 4.78. The molecular formula is C45H31NO. The fourth-order valence-corrected chi connectivity index (χ4v) is 8.09. The van der Waals surface area contributed by atoms with Crippen LogP contribution in [-0.2, 0) is 5.41 Å². The molecular weight excluding hydrogens is 571 g/mol. The molecule has 0 radical (unpaired) electrons. The third-order valence-corrected chi connectivity index (χ3v) is 10.4. The molecule has 0 amide bonds. The highest BCUT2D eigenvalue weighted by Gasteiger charge is 2.35. The van der Waals surface area contributed by atoms with Gasteiger partial charge in [0.15, 0.2) is 0 Å². The topological polar surface area (TPSA) is 18.1 Å². The van der Waals surface area contributed by atoms with Gasteiger partial charge in [-0.1, -0.05) is 111 Å². The summed E-state index contributed by atoms with van der Waals surface area (Å²) in [6, 6.07) is 55.2. The van der Waals surface area contributed by atoms with E-state index in [2.05, 4.69) is 170 Å². The van der Waals surface area contributed by atoms with Crippen LogP contribution in [-0.4, -0.2) is 4.57 Å². The first kappa shape index (κ1) is 26.4. The Balaban J connectivity index is 1.22. The smallest absolute Gasteiger partial charge is 0.143 e. The minimum Gasteiger partial charge on any atom is -0.455 e. The number of aromatic nitrogens is 1. The number of nitrogens with zero attached hydrogens (tertiary/aromatic N) is 1. The first-order valence-electron chi connectivity index (χ1n) is 16.4. The fourth-order valence-electron chi connectivity index (χ4n) is 8.09. The maximum atomic E-state index is 6.64. The SMILES string of the molecule is CC1(C)c2ccccc2-c2ccc(-c3cc(-c4ccc5c(c4)c4ccccc4n5-c4ccccc4)cc4c3oc3ccccc34)cc21. The molecule has 0 atom stereocenters. The van der Waals surface area contributed by atoms with E-state index in [1.54, 1.807) is 0 Å². The summed E-state index contributed by atoms with van der Waals surface area (Å²) in [6.07, 6.45) is 0. The number of fused-ring (bicyclic) bond motifs is 9. The predicted molar refractivity (Wildman–Crippen MR) is 196 cm³/mol. The standard InChI is InChI=1S/C45H31NO/c1-45(2)39-17-9-6-14-32(39)33-22-20-29(27-40(33)45)36-25-30(26-38-35-16-8-11-19-43(35)47-44(36)38)28-21-23-42-37(24-28)34-15-7-10-18-41(34)46(42)31-12-4-3-5-13-31/h3-27H,1-2H3. The average molecular weight is 602 g/mol. The van der Waals surface area contributed by atoms with E-state index in [0.717, 1.165) is 27.5 Å². The van der Waals surface area contributed by atoms with Gasteiger partial charge in [-0.25, -0.2) is 0 Å². The highest BCUT2D eigenvalue weighted by Crippen LogP contribution is 2.50. The Kier molecular flexibility index (Phi) is 5.37. The third-order valence-electron chi connectivity index (χ3n) is 10.4. The Morgan fingerprint density at radius 3 is 2.02 bits per heavy atom. The van der Waals surface area contributed by atoms with Crippen LogP contribution in [0.15, 0.2) is 156 Å². The van der Waals surface area contributed by atoms with Crippen molar-refractivity contribution in [2.24, 2.45) is 0 Å². The van der Waals surface area contributed by atoms with E-state index in [0.29, 0.717) is 0 Å². The maximum absolute atomic E-state index is 6.64. The molecule has 10 rings (SSSR count). The number of furan rings is 1. The molecule has 0 fully saturated rings. The van der Waals surface area contributed by atoms with Crippen LogP contribution in [0.3, 0.4) is 0 Å². The second kappa shape index (κ2) is 9.57. The molecule has 2 heterocycles. The Morgan fingerprint density at radius 1 is 0.447 bits per heavy atom. The van der Waals surface area contributed by atoms with Gasteiger partial charge in [0, 0.05) is 38.2 Å². The van der Waals surface area contributed by atoms with Gasteiger partial charge >= 0.3 is 0 Å².